The summed E-state index contributed by atoms with van der Waals surface area (Å²) in [6.45, 7) is 17.3. The first-order valence-electron chi connectivity index (χ1n) is 27.6. The Morgan fingerprint density at radius 2 is 0.867 bits per heavy atom. The van der Waals surface area contributed by atoms with Crippen LogP contribution in [0.4, 0.5) is 17.1 Å². The van der Waals surface area contributed by atoms with Gasteiger partial charge in [-0.1, -0.05) is 105 Å². The van der Waals surface area contributed by atoms with E-state index in [0.717, 1.165) is 50.4 Å². The standard InChI is InChI=1S/C22H22BN3O.C21H22BN3O.C17H20BN3O/c1-16-15-20-19-11-7-8-12-21(19)27-22(20)23(3)26(16)25-14-13-24(17(25)2)18-9-5-4-6-10-18;1-14-13-17-16-9-5-8-12-20(16)26-21(17)22(3)25(14)24-15(2)23(4)18-10-6-7-11-19(18)24;1-12-11-15-14-7-5-6-8-16(14)22-17(15)18(3)21(12)20-10-9-19(4)13(20)2/h4-15,17H,1-3H3;5-13,15H,1-4H3;5-11,13H,1-4H3/t17-;15-;13-/m000/s1/i;;4D3. The van der Waals surface area contributed by atoms with E-state index in [9.17, 15) is 0 Å². The molecule has 0 unspecified atom stereocenters. The Kier molecular flexibility index (Phi) is 11.0. The van der Waals surface area contributed by atoms with Crippen LogP contribution in [0, 0.1) is 0 Å². The molecule has 376 valence electrons. The van der Waals surface area contributed by atoms with Crippen molar-refractivity contribution in [1.29, 1.82) is 0 Å². The lowest BCUT2D eigenvalue weighted by Crippen LogP contribution is -2.59. The van der Waals surface area contributed by atoms with Crippen molar-refractivity contribution in [2.75, 3.05) is 28.8 Å². The molecule has 0 saturated heterocycles. The molecule has 12 nitrogen and oxygen atoms in total. The largest absolute Gasteiger partial charge is 0.468 e. The number of nitrogens with zero attached hydrogens (tertiary/aromatic N) is 9. The Morgan fingerprint density at radius 3 is 1.36 bits per heavy atom. The predicted octanol–water partition coefficient (Wildman–Crippen LogP) is 11.6. The monoisotopic (exact) mass is 995 g/mol. The number of para-hydroxylation sites is 6. The molecule has 0 aliphatic carbocycles. The molecule has 14 rings (SSSR count). The number of furan rings is 3. The lowest BCUT2D eigenvalue weighted by molar-refractivity contribution is 0.0631. The molecule has 9 heterocycles. The van der Waals surface area contributed by atoms with E-state index in [-0.39, 0.29) is 39.0 Å². The molecular formula is C60H64B3N9O3. The van der Waals surface area contributed by atoms with Crippen molar-refractivity contribution in [1.82, 2.24) is 29.7 Å². The lowest BCUT2D eigenvalue weighted by Gasteiger charge is -2.43. The van der Waals surface area contributed by atoms with Gasteiger partial charge in [-0.05, 0) is 102 Å². The maximum absolute atomic E-state index is 7.68. The zero-order chi connectivity index (χ0) is 54.5. The first-order valence-corrected chi connectivity index (χ1v) is 26.1. The van der Waals surface area contributed by atoms with Crippen LogP contribution in [-0.2, 0) is 0 Å². The average molecular weight is 995 g/mol. The smallest absolute Gasteiger partial charge is 0.353 e. The van der Waals surface area contributed by atoms with Gasteiger partial charge in [0.25, 0.3) is 0 Å². The van der Waals surface area contributed by atoms with Crippen LogP contribution < -0.4 is 31.8 Å². The van der Waals surface area contributed by atoms with Gasteiger partial charge in [-0.2, -0.15) is 0 Å². The summed E-state index contributed by atoms with van der Waals surface area (Å²) >= 11 is 0. The van der Waals surface area contributed by atoms with Crippen molar-refractivity contribution in [2.45, 2.75) is 80.5 Å². The molecular weight excluding hydrogens is 927 g/mol. The molecule has 6 aliphatic heterocycles. The Labute approximate surface area is 446 Å². The number of anilines is 3. The van der Waals surface area contributed by atoms with E-state index in [0.29, 0.717) is 0 Å². The summed E-state index contributed by atoms with van der Waals surface area (Å²) < 4.78 is 41.7. The van der Waals surface area contributed by atoms with E-state index in [1.54, 1.807) is 6.20 Å². The second kappa shape index (κ2) is 18.6. The molecule has 0 spiro atoms. The Bertz CT molecular complexity index is 3760. The number of hydrogen-bond acceptors (Lipinski definition) is 12. The van der Waals surface area contributed by atoms with E-state index in [2.05, 4.69) is 211 Å². The number of allylic oxidation sites excluding steroid dienone is 3. The topological polar surface area (TPSA) is 68.6 Å². The van der Waals surface area contributed by atoms with E-state index in [1.807, 2.05) is 61.5 Å². The fourth-order valence-corrected chi connectivity index (χ4v) is 12.1. The van der Waals surface area contributed by atoms with Gasteiger partial charge in [0.2, 0.25) is 0 Å². The Morgan fingerprint density at radius 1 is 0.453 bits per heavy atom. The molecule has 0 amide bonds. The van der Waals surface area contributed by atoms with Crippen LogP contribution in [0.1, 0.15) is 62.3 Å². The molecule has 75 heavy (non-hydrogen) atoms. The molecule has 3 atom stereocenters. The molecule has 0 bridgehead atoms. The third-order valence-corrected chi connectivity index (χ3v) is 15.9. The predicted molar refractivity (Wildman–Crippen MR) is 313 cm³/mol. The van der Waals surface area contributed by atoms with E-state index < -0.39 is 6.98 Å². The molecule has 8 aromatic rings. The lowest BCUT2D eigenvalue weighted by atomic mass is 9.58. The van der Waals surface area contributed by atoms with Gasteiger partial charge in [0, 0.05) is 98.6 Å². The molecule has 0 saturated carbocycles. The normalized spacial score (nSPS) is 20.4. The molecule has 0 radical (unpaired) electrons. The fraction of sp³-hybridized carbons (Fsp3) is 0.233. The fourth-order valence-electron chi connectivity index (χ4n) is 12.1. The van der Waals surface area contributed by atoms with E-state index >= 15 is 0 Å². The van der Waals surface area contributed by atoms with Crippen LogP contribution in [-0.4, -0.2) is 82.7 Å². The van der Waals surface area contributed by atoms with Crippen molar-refractivity contribution in [3.05, 3.63) is 186 Å². The van der Waals surface area contributed by atoms with Crippen molar-refractivity contribution >= 4 is 106 Å². The summed E-state index contributed by atoms with van der Waals surface area (Å²) in [7, 11) is 2.16. The molecule has 0 N–H and O–H groups in total. The minimum Gasteiger partial charge on any atom is -0.468 e. The minimum absolute atomic E-state index is 0.0314. The third kappa shape index (κ3) is 7.76. The van der Waals surface area contributed by atoms with Gasteiger partial charge in [-0.15, -0.1) is 0 Å². The van der Waals surface area contributed by atoms with Gasteiger partial charge < -0.3 is 42.7 Å². The number of hydrogen-bond donors (Lipinski definition) is 0. The van der Waals surface area contributed by atoms with Gasteiger partial charge >= 0.3 is 20.5 Å². The van der Waals surface area contributed by atoms with Crippen LogP contribution in [0.25, 0.3) is 51.1 Å². The molecule has 3 aromatic heterocycles. The Hall–Kier alpha value is -8.19. The molecule has 5 aromatic carbocycles. The zero-order valence-corrected chi connectivity index (χ0v) is 44.4. The van der Waals surface area contributed by atoms with Crippen LogP contribution in [0.3, 0.4) is 0 Å². The highest BCUT2D eigenvalue weighted by Crippen LogP contribution is 2.42. The average Bonchev–Trinajstić information content (AvgIpc) is 4.30. The van der Waals surface area contributed by atoms with Gasteiger partial charge in [0.15, 0.2) is 0 Å². The quantitative estimate of drug-likeness (QED) is 0.158. The maximum Gasteiger partial charge on any atom is 0.353 e. The van der Waals surface area contributed by atoms with Gasteiger partial charge in [0.1, 0.15) is 52.2 Å². The summed E-state index contributed by atoms with van der Waals surface area (Å²) in [4.78, 5) is 12.8. The molecule has 15 heteroatoms. The highest BCUT2D eigenvalue weighted by atomic mass is 16.3. The van der Waals surface area contributed by atoms with Crippen molar-refractivity contribution in [2.24, 2.45) is 0 Å². The van der Waals surface area contributed by atoms with Gasteiger partial charge in [-0.3, -0.25) is 15.0 Å². The first kappa shape index (κ1) is 44.3. The summed E-state index contributed by atoms with van der Waals surface area (Å²) in [5, 5.41) is 10.1. The number of fused-ring (bicyclic) bond motifs is 10. The second-order valence-electron chi connectivity index (χ2n) is 20.4. The zero-order valence-electron chi connectivity index (χ0n) is 47.4. The van der Waals surface area contributed by atoms with Crippen molar-refractivity contribution in [3.8, 4) is 0 Å². The van der Waals surface area contributed by atoms with Gasteiger partial charge in [0.05, 0.1) is 11.4 Å². The number of benzene rings is 5. The van der Waals surface area contributed by atoms with Gasteiger partial charge in [-0.25, -0.2) is 0 Å². The van der Waals surface area contributed by atoms with Crippen molar-refractivity contribution in [3.63, 3.8) is 0 Å². The minimum atomic E-state index is -2.16. The van der Waals surface area contributed by atoms with Crippen LogP contribution in [0.15, 0.2) is 183 Å². The maximum atomic E-state index is 7.68. The highest BCUT2D eigenvalue weighted by molar-refractivity contribution is 6.71. The SMILES string of the molecule is CB1c2oc3ccccc3c2C=C(C)N1N1C=CN(c2ccccc2)[C@@H]1C.CB1c2oc3ccccc3c2C=C(C)N1N1c2ccccc2N(C)[C@@H]1C.[2H]C([2H])([2H])N1C=CN(N2B(C)c3oc4ccccc4c3C=C2C)[C@H]1C. The summed E-state index contributed by atoms with van der Waals surface area (Å²) in [5.41, 5.74) is 16.5. The number of rotatable bonds is 4. The van der Waals surface area contributed by atoms with Crippen LogP contribution >= 0.6 is 0 Å². The van der Waals surface area contributed by atoms with E-state index in [4.69, 9.17) is 17.4 Å². The van der Waals surface area contributed by atoms with Crippen LogP contribution in [0.5, 0.6) is 0 Å². The highest BCUT2D eigenvalue weighted by Gasteiger charge is 2.43. The van der Waals surface area contributed by atoms with Crippen LogP contribution in [0.2, 0.25) is 20.5 Å². The Balaban J connectivity index is 0.000000117. The summed E-state index contributed by atoms with van der Waals surface area (Å²) in [6, 6.07) is 43.7. The third-order valence-electron chi connectivity index (χ3n) is 15.9. The summed E-state index contributed by atoms with van der Waals surface area (Å²) in [6.07, 6.45) is 14.5. The molecule has 6 aliphatic rings. The van der Waals surface area contributed by atoms with Crippen molar-refractivity contribution < 1.29 is 17.4 Å². The second-order valence-corrected chi connectivity index (χ2v) is 20.4. The van der Waals surface area contributed by atoms with E-state index in [1.165, 1.54) is 55.3 Å². The number of hydrazine groups is 3. The molecule has 0 fully saturated rings. The summed E-state index contributed by atoms with van der Waals surface area (Å²) in [5.74, 6) is 0. The first-order chi connectivity index (χ1) is 37.5.